The molecule has 0 aromatic heterocycles. The number of ether oxygens (including phenoxy) is 1. The van der Waals surface area contributed by atoms with E-state index in [1.807, 2.05) is 4.90 Å². The summed E-state index contributed by atoms with van der Waals surface area (Å²) in [6, 6.07) is 0. The van der Waals surface area contributed by atoms with Crippen LogP contribution in [-0.2, 0) is 9.53 Å². The first-order chi connectivity index (χ1) is 5.88. The number of amides is 1. The normalized spacial score (nSPS) is 18.6. The molecule has 0 atom stereocenters. The number of hydrogen-bond donors (Lipinski definition) is 0. The van der Waals surface area contributed by atoms with Crippen LogP contribution in [0, 0.1) is 5.92 Å². The van der Waals surface area contributed by atoms with E-state index in [0.717, 1.165) is 19.7 Å². The average Bonchev–Trinajstić information content (AvgIpc) is 1.79. The Morgan fingerprint density at radius 2 is 2.00 bits per heavy atom. The molecule has 1 rings (SSSR count). The van der Waals surface area contributed by atoms with E-state index in [1.165, 1.54) is 0 Å². The Morgan fingerprint density at radius 1 is 1.46 bits per heavy atom. The fourth-order valence-corrected chi connectivity index (χ4v) is 1.30. The van der Waals surface area contributed by atoms with Crippen molar-refractivity contribution in [3.63, 3.8) is 0 Å². The largest absolute Gasteiger partial charge is 0.375 e. The molecule has 1 aliphatic heterocycles. The summed E-state index contributed by atoms with van der Waals surface area (Å²) in [6.07, 6.45) is 0. The quantitative estimate of drug-likeness (QED) is 0.648. The van der Waals surface area contributed by atoms with Crippen molar-refractivity contribution in [1.29, 1.82) is 0 Å². The van der Waals surface area contributed by atoms with Gasteiger partial charge in [-0.2, -0.15) is 0 Å². The Bertz CT molecular complexity index is 190. The number of hydrogen-bond acceptors (Lipinski definition) is 2. The number of carbonyl (C=O) groups is 1. The molecular weight excluding hydrogens is 166 g/mol. The monoisotopic (exact) mass is 185 g/mol. The van der Waals surface area contributed by atoms with E-state index < -0.39 is 0 Å². The molecule has 76 valence electrons. The lowest BCUT2D eigenvalue weighted by Crippen LogP contribution is -2.51. The van der Waals surface area contributed by atoms with Crippen molar-refractivity contribution in [2.24, 2.45) is 5.92 Å². The maximum atomic E-state index is 10.9. The standard InChI is InChI=1S/C10H19NO2/c1-8(12)11-5-9(6-11)7-13-10(2,3)4/h9H,5-7H2,1-4H3. The molecule has 13 heavy (non-hydrogen) atoms. The summed E-state index contributed by atoms with van der Waals surface area (Å²) in [5.74, 6) is 0.718. The second-order valence-electron chi connectivity index (χ2n) is 4.71. The van der Waals surface area contributed by atoms with Gasteiger partial charge in [-0.25, -0.2) is 0 Å². The van der Waals surface area contributed by atoms with Gasteiger partial charge in [0.25, 0.3) is 0 Å². The van der Waals surface area contributed by atoms with Gasteiger partial charge in [0.15, 0.2) is 0 Å². The van der Waals surface area contributed by atoms with Crippen LogP contribution in [0.4, 0.5) is 0 Å². The molecule has 0 aromatic rings. The molecule has 1 aliphatic rings. The second kappa shape index (κ2) is 3.66. The van der Waals surface area contributed by atoms with E-state index in [2.05, 4.69) is 20.8 Å². The zero-order valence-electron chi connectivity index (χ0n) is 8.96. The third-order valence-electron chi connectivity index (χ3n) is 2.15. The molecule has 0 radical (unpaired) electrons. The molecule has 1 amide bonds. The molecule has 3 nitrogen and oxygen atoms in total. The number of nitrogens with zero attached hydrogens (tertiary/aromatic N) is 1. The van der Waals surface area contributed by atoms with E-state index in [-0.39, 0.29) is 11.5 Å². The van der Waals surface area contributed by atoms with E-state index in [1.54, 1.807) is 6.92 Å². The third kappa shape index (κ3) is 3.35. The van der Waals surface area contributed by atoms with Crippen molar-refractivity contribution in [2.45, 2.75) is 33.3 Å². The first-order valence-corrected chi connectivity index (χ1v) is 4.78. The topological polar surface area (TPSA) is 29.5 Å². The Labute approximate surface area is 80.1 Å². The average molecular weight is 185 g/mol. The van der Waals surface area contributed by atoms with Crippen molar-refractivity contribution in [3.8, 4) is 0 Å². The van der Waals surface area contributed by atoms with Gasteiger partial charge in [0.1, 0.15) is 0 Å². The third-order valence-corrected chi connectivity index (χ3v) is 2.15. The van der Waals surface area contributed by atoms with Gasteiger partial charge in [0.05, 0.1) is 12.2 Å². The minimum atomic E-state index is -0.0589. The van der Waals surface area contributed by atoms with Crippen LogP contribution in [0.2, 0.25) is 0 Å². The fourth-order valence-electron chi connectivity index (χ4n) is 1.30. The first-order valence-electron chi connectivity index (χ1n) is 4.78. The minimum absolute atomic E-state index is 0.0589. The highest BCUT2D eigenvalue weighted by Crippen LogP contribution is 2.18. The molecule has 0 aliphatic carbocycles. The SMILES string of the molecule is CC(=O)N1CC(COC(C)(C)C)C1. The molecule has 0 saturated carbocycles. The van der Waals surface area contributed by atoms with Crippen molar-refractivity contribution >= 4 is 5.91 Å². The van der Waals surface area contributed by atoms with Crippen LogP contribution in [0.5, 0.6) is 0 Å². The van der Waals surface area contributed by atoms with Crippen LogP contribution >= 0.6 is 0 Å². The van der Waals surface area contributed by atoms with Crippen LogP contribution in [0.3, 0.4) is 0 Å². The van der Waals surface area contributed by atoms with E-state index in [9.17, 15) is 4.79 Å². The molecular formula is C10H19NO2. The van der Waals surface area contributed by atoms with Crippen LogP contribution < -0.4 is 0 Å². The molecule has 0 spiro atoms. The lowest BCUT2D eigenvalue weighted by atomic mass is 10.0. The van der Waals surface area contributed by atoms with Gasteiger partial charge in [0, 0.05) is 25.9 Å². The van der Waals surface area contributed by atoms with Crippen molar-refractivity contribution in [3.05, 3.63) is 0 Å². The van der Waals surface area contributed by atoms with Crippen molar-refractivity contribution < 1.29 is 9.53 Å². The molecule has 0 unspecified atom stereocenters. The Kier molecular flexibility index (Phi) is 2.96. The summed E-state index contributed by atoms with van der Waals surface area (Å²) in [5, 5.41) is 0. The Hall–Kier alpha value is -0.570. The Balaban J connectivity index is 2.12. The predicted octanol–water partition coefficient (Wildman–Crippen LogP) is 1.28. The summed E-state index contributed by atoms with van der Waals surface area (Å²) in [7, 11) is 0. The van der Waals surface area contributed by atoms with Crippen molar-refractivity contribution in [1.82, 2.24) is 4.90 Å². The number of rotatable bonds is 2. The summed E-state index contributed by atoms with van der Waals surface area (Å²) in [6.45, 7) is 10.3. The van der Waals surface area contributed by atoms with E-state index in [4.69, 9.17) is 4.74 Å². The summed E-state index contributed by atoms with van der Waals surface area (Å²) >= 11 is 0. The summed E-state index contributed by atoms with van der Waals surface area (Å²) < 4.78 is 5.62. The summed E-state index contributed by atoms with van der Waals surface area (Å²) in [4.78, 5) is 12.7. The van der Waals surface area contributed by atoms with Gasteiger partial charge >= 0.3 is 0 Å². The van der Waals surface area contributed by atoms with Gasteiger partial charge in [-0.3, -0.25) is 4.79 Å². The van der Waals surface area contributed by atoms with Gasteiger partial charge < -0.3 is 9.64 Å². The highest BCUT2D eigenvalue weighted by Gasteiger charge is 2.29. The molecule has 0 bridgehead atoms. The van der Waals surface area contributed by atoms with E-state index in [0.29, 0.717) is 5.92 Å². The van der Waals surface area contributed by atoms with E-state index >= 15 is 0 Å². The van der Waals surface area contributed by atoms with Crippen LogP contribution in [0.15, 0.2) is 0 Å². The van der Waals surface area contributed by atoms with Gasteiger partial charge in [0.2, 0.25) is 5.91 Å². The maximum Gasteiger partial charge on any atom is 0.219 e. The molecule has 1 fully saturated rings. The zero-order chi connectivity index (χ0) is 10.1. The lowest BCUT2D eigenvalue weighted by molar-refractivity contribution is -0.138. The van der Waals surface area contributed by atoms with Crippen LogP contribution in [0.25, 0.3) is 0 Å². The second-order valence-corrected chi connectivity index (χ2v) is 4.71. The van der Waals surface area contributed by atoms with Crippen LogP contribution in [-0.4, -0.2) is 36.1 Å². The van der Waals surface area contributed by atoms with Crippen LogP contribution in [0.1, 0.15) is 27.7 Å². The maximum absolute atomic E-state index is 10.9. The molecule has 3 heteroatoms. The van der Waals surface area contributed by atoms with Gasteiger partial charge in [-0.15, -0.1) is 0 Å². The predicted molar refractivity (Wildman–Crippen MR) is 51.4 cm³/mol. The smallest absolute Gasteiger partial charge is 0.219 e. The molecule has 1 saturated heterocycles. The van der Waals surface area contributed by atoms with Crippen molar-refractivity contribution in [2.75, 3.05) is 19.7 Å². The highest BCUT2D eigenvalue weighted by molar-refractivity contribution is 5.74. The van der Waals surface area contributed by atoms with Gasteiger partial charge in [-0.1, -0.05) is 0 Å². The number of carbonyl (C=O) groups excluding carboxylic acids is 1. The highest BCUT2D eigenvalue weighted by atomic mass is 16.5. The number of likely N-dealkylation sites (tertiary alicyclic amines) is 1. The van der Waals surface area contributed by atoms with Gasteiger partial charge in [-0.05, 0) is 20.8 Å². The zero-order valence-corrected chi connectivity index (χ0v) is 8.96. The molecule has 1 heterocycles. The minimum Gasteiger partial charge on any atom is -0.375 e. The fraction of sp³-hybridized carbons (Fsp3) is 0.900. The molecule has 0 N–H and O–H groups in total. The lowest BCUT2D eigenvalue weighted by Gasteiger charge is -2.39. The summed E-state index contributed by atoms with van der Waals surface area (Å²) in [5.41, 5.74) is -0.0589. The Morgan fingerprint density at radius 3 is 2.38 bits per heavy atom. The first kappa shape index (κ1) is 10.5. The molecule has 0 aromatic carbocycles.